The average molecular weight is 374 g/mol. The Morgan fingerprint density at radius 3 is 2.07 bits per heavy atom. The maximum Gasteiger partial charge on any atom is 0.737 e. The van der Waals surface area contributed by atoms with Gasteiger partial charge in [-0.3, -0.25) is 0 Å². The van der Waals surface area contributed by atoms with Gasteiger partial charge in [-0.05, 0) is 70.2 Å². The van der Waals surface area contributed by atoms with Gasteiger partial charge in [-0.2, -0.15) is 0 Å². The van der Waals surface area contributed by atoms with Crippen LogP contribution in [0.1, 0.15) is 89.2 Å². The summed E-state index contributed by atoms with van der Waals surface area (Å²) < 4.78 is 34.5. The molecule has 5 heteroatoms. The third kappa shape index (κ3) is 2.76. The lowest BCUT2D eigenvalue weighted by molar-refractivity contribution is -0.363. The molecule has 2 aliphatic rings. The number of unbranched alkanes of at least 4 members (excludes halogenated alkanes) is 2. The molecule has 0 atom stereocenters. The molecule has 2 aliphatic heterocycles. The Bertz CT molecular complexity index is 885. The monoisotopic (exact) mass is 374 g/mol. The van der Waals surface area contributed by atoms with Crippen LogP contribution in [0.15, 0.2) is 16.8 Å². The van der Waals surface area contributed by atoms with E-state index in [0.29, 0.717) is 0 Å². The molecule has 0 amide bonds. The smallest absolute Gasteiger partial charge is 0.393 e. The number of rotatable bonds is 6. The van der Waals surface area contributed by atoms with E-state index in [-0.39, 0.29) is 0 Å². The second-order valence-electron chi connectivity index (χ2n) is 8.24. The van der Waals surface area contributed by atoms with Crippen molar-refractivity contribution in [2.75, 3.05) is 0 Å². The minimum atomic E-state index is -3.87. The van der Waals surface area contributed by atoms with Crippen LogP contribution in [0.2, 0.25) is 0 Å². The molecule has 0 aliphatic carbocycles. The molecule has 3 heterocycles. The number of halogens is 2. The SMILES string of the molecule is CCCCC1=C(C)C2=C(C)c3c(C)c(CCCC)c(C)n3[B-](F)(F)[N+]2=C1C. The maximum absolute atomic E-state index is 15.9. The molecule has 0 unspecified atom stereocenters. The fraction of sp³-hybridized carbons (Fsp3) is 0.591. The molecular formula is C22H33BF2N2. The maximum atomic E-state index is 15.9. The summed E-state index contributed by atoms with van der Waals surface area (Å²) in [6.07, 6.45) is 5.97. The van der Waals surface area contributed by atoms with Gasteiger partial charge in [0, 0.05) is 29.3 Å². The largest absolute Gasteiger partial charge is 0.737 e. The zero-order chi connectivity index (χ0) is 20.1. The number of fused-ring (bicyclic) bond motifs is 2. The molecule has 0 radical (unpaired) electrons. The van der Waals surface area contributed by atoms with E-state index in [9.17, 15) is 0 Å². The predicted molar refractivity (Wildman–Crippen MR) is 112 cm³/mol. The van der Waals surface area contributed by atoms with Gasteiger partial charge < -0.3 is 17.6 Å². The van der Waals surface area contributed by atoms with Crippen LogP contribution in [-0.4, -0.2) is 21.6 Å². The lowest BCUT2D eigenvalue weighted by Gasteiger charge is -2.33. The van der Waals surface area contributed by atoms with Crippen molar-refractivity contribution in [3.8, 4) is 0 Å². The molecule has 27 heavy (non-hydrogen) atoms. The van der Waals surface area contributed by atoms with Gasteiger partial charge in [0.25, 0.3) is 0 Å². The molecule has 0 aromatic carbocycles. The molecule has 0 saturated carbocycles. The number of nitrogens with zero attached hydrogens (tertiary/aromatic N) is 2. The lowest BCUT2D eigenvalue weighted by Crippen LogP contribution is -2.51. The van der Waals surface area contributed by atoms with Crippen molar-refractivity contribution in [1.82, 2.24) is 4.48 Å². The van der Waals surface area contributed by atoms with E-state index in [2.05, 4.69) is 13.8 Å². The first-order chi connectivity index (χ1) is 12.7. The van der Waals surface area contributed by atoms with Crippen LogP contribution < -0.4 is 0 Å². The quantitative estimate of drug-likeness (QED) is 0.509. The summed E-state index contributed by atoms with van der Waals surface area (Å²) in [5, 5.41) is 0. The highest BCUT2D eigenvalue weighted by Gasteiger charge is 2.55. The Hall–Kier alpha value is -1.65. The molecule has 0 bridgehead atoms. The topological polar surface area (TPSA) is 7.94 Å². The van der Waals surface area contributed by atoms with E-state index >= 15 is 8.63 Å². The van der Waals surface area contributed by atoms with Gasteiger partial charge in [-0.25, -0.2) is 0 Å². The first kappa shape index (κ1) is 20.1. The predicted octanol–water partition coefficient (Wildman–Crippen LogP) is 6.41. The summed E-state index contributed by atoms with van der Waals surface area (Å²) in [6, 6.07) is 0. The summed E-state index contributed by atoms with van der Waals surface area (Å²) >= 11 is 0. The number of hydrogen-bond donors (Lipinski definition) is 0. The van der Waals surface area contributed by atoms with E-state index < -0.39 is 6.97 Å². The Balaban J connectivity index is 2.27. The summed E-state index contributed by atoms with van der Waals surface area (Å²) in [7, 11) is 0. The van der Waals surface area contributed by atoms with Crippen LogP contribution in [-0.2, 0) is 6.42 Å². The van der Waals surface area contributed by atoms with Crippen molar-refractivity contribution >= 4 is 18.3 Å². The Morgan fingerprint density at radius 1 is 0.889 bits per heavy atom. The highest BCUT2D eigenvalue weighted by atomic mass is 19.2. The minimum Gasteiger partial charge on any atom is -0.393 e. The third-order valence-electron chi connectivity index (χ3n) is 6.59. The molecule has 148 valence electrons. The van der Waals surface area contributed by atoms with Gasteiger partial charge in [0.15, 0.2) is 5.70 Å². The summed E-state index contributed by atoms with van der Waals surface area (Å²) in [4.78, 5) is 0. The van der Waals surface area contributed by atoms with Crippen molar-refractivity contribution in [2.24, 2.45) is 0 Å². The van der Waals surface area contributed by atoms with E-state index in [1.165, 1.54) is 8.96 Å². The van der Waals surface area contributed by atoms with Crippen LogP contribution in [0.5, 0.6) is 0 Å². The standard InChI is InChI=1S/C22H33BF2N2/c1-8-10-12-19-14(3)21-16(5)22-15(4)20(13-11-9-2)18(7)27(22)23(24,25)26(21)17(19)6/h8-13H2,1-7H3. The van der Waals surface area contributed by atoms with E-state index in [4.69, 9.17) is 0 Å². The number of allylic oxidation sites excluding steroid dienone is 3. The van der Waals surface area contributed by atoms with Crippen LogP contribution in [0.3, 0.4) is 0 Å². The summed E-state index contributed by atoms with van der Waals surface area (Å²) in [6.45, 7) is 10.2. The molecule has 0 spiro atoms. The van der Waals surface area contributed by atoms with Gasteiger partial charge in [0.1, 0.15) is 5.71 Å². The van der Waals surface area contributed by atoms with E-state index in [1.807, 2.05) is 34.6 Å². The van der Waals surface area contributed by atoms with Crippen molar-refractivity contribution < 1.29 is 13.1 Å². The van der Waals surface area contributed by atoms with Crippen LogP contribution in [0, 0.1) is 13.8 Å². The van der Waals surface area contributed by atoms with Crippen molar-refractivity contribution in [3.05, 3.63) is 39.4 Å². The fourth-order valence-corrected chi connectivity index (χ4v) is 5.19. The number of aromatic nitrogens is 1. The van der Waals surface area contributed by atoms with Gasteiger partial charge in [0.05, 0.1) is 0 Å². The van der Waals surface area contributed by atoms with Gasteiger partial charge in [-0.1, -0.05) is 26.7 Å². The summed E-state index contributed by atoms with van der Waals surface area (Å²) in [5.74, 6) is 0. The number of hydrogen-bond acceptors (Lipinski definition) is 0. The highest BCUT2D eigenvalue weighted by molar-refractivity contribution is 6.58. The Morgan fingerprint density at radius 2 is 1.48 bits per heavy atom. The molecule has 0 fully saturated rings. The molecule has 1 aromatic rings. The Kier molecular flexibility index (Phi) is 5.26. The Labute approximate surface area is 162 Å². The third-order valence-corrected chi connectivity index (χ3v) is 6.59. The van der Waals surface area contributed by atoms with Gasteiger partial charge >= 0.3 is 6.97 Å². The molecule has 0 saturated heterocycles. The van der Waals surface area contributed by atoms with Crippen LogP contribution in [0.4, 0.5) is 8.63 Å². The highest BCUT2D eigenvalue weighted by Crippen LogP contribution is 2.44. The zero-order valence-corrected chi connectivity index (χ0v) is 18.0. The first-order valence-corrected chi connectivity index (χ1v) is 10.5. The molecule has 2 nitrogen and oxygen atoms in total. The average Bonchev–Trinajstić information content (AvgIpc) is 3.02. The van der Waals surface area contributed by atoms with Crippen molar-refractivity contribution in [1.29, 1.82) is 0 Å². The zero-order valence-electron chi connectivity index (χ0n) is 18.0. The first-order valence-electron chi connectivity index (χ1n) is 10.5. The van der Waals surface area contributed by atoms with E-state index in [0.717, 1.165) is 89.2 Å². The van der Waals surface area contributed by atoms with Crippen molar-refractivity contribution in [3.63, 3.8) is 0 Å². The molecule has 1 aromatic heterocycles. The van der Waals surface area contributed by atoms with Crippen LogP contribution >= 0.6 is 0 Å². The van der Waals surface area contributed by atoms with Crippen LogP contribution in [0.25, 0.3) is 5.57 Å². The molecule has 0 N–H and O–H groups in total. The minimum absolute atomic E-state index is 0.742. The second-order valence-corrected chi connectivity index (χ2v) is 8.24. The van der Waals surface area contributed by atoms with Gasteiger partial charge in [-0.15, -0.1) is 0 Å². The molecule has 3 rings (SSSR count). The second kappa shape index (κ2) is 7.07. The lowest BCUT2D eigenvalue weighted by atomic mass is 9.86. The normalized spacial score (nSPS) is 18.6. The van der Waals surface area contributed by atoms with Gasteiger partial charge in [0.2, 0.25) is 0 Å². The van der Waals surface area contributed by atoms with Crippen molar-refractivity contribution in [2.45, 2.75) is 87.0 Å². The summed E-state index contributed by atoms with van der Waals surface area (Å²) in [5.41, 5.74) is 8.28. The van der Waals surface area contributed by atoms with E-state index in [1.54, 1.807) is 0 Å². The fourth-order valence-electron chi connectivity index (χ4n) is 5.19. The molecular weight excluding hydrogens is 341 g/mol.